The Morgan fingerprint density at radius 3 is 1.43 bits per heavy atom. The predicted octanol–water partition coefficient (Wildman–Crippen LogP) is 16.0. The summed E-state index contributed by atoms with van der Waals surface area (Å²) in [5, 5.41) is 18.4. The third kappa shape index (κ3) is 20.7. The largest absolute Gasteiger partial charge is 0.444 e. The molecule has 3 aromatic heterocycles. The highest BCUT2D eigenvalue weighted by Gasteiger charge is 2.34. The Hall–Kier alpha value is -5.11. The van der Waals surface area contributed by atoms with Crippen molar-refractivity contribution in [1.82, 2.24) is 44.0 Å². The zero-order valence-electron chi connectivity index (χ0n) is 51.6. The average molecular weight is 1640 g/mol. The number of urea groups is 1. The minimum atomic E-state index is -0.663. The number of carbonyl (C=O) groups is 4. The number of rotatable bonds is 5. The van der Waals surface area contributed by atoms with Crippen molar-refractivity contribution in [1.29, 1.82) is 0 Å². The first kappa shape index (κ1) is 72.3. The number of nitrogens with one attached hydrogen (secondary N) is 2. The van der Waals surface area contributed by atoms with Crippen LogP contribution in [-0.2, 0) is 48.7 Å². The monoisotopic (exact) mass is 1640 g/mol. The van der Waals surface area contributed by atoms with Gasteiger partial charge in [0.1, 0.15) is 28.6 Å². The van der Waals surface area contributed by atoms with Crippen molar-refractivity contribution >= 4 is 150 Å². The first-order valence-corrected chi connectivity index (χ1v) is 34.2. The van der Waals surface area contributed by atoms with E-state index in [-0.39, 0.29) is 40.7 Å². The van der Waals surface area contributed by atoms with Gasteiger partial charge < -0.3 is 44.0 Å². The third-order valence-corrected chi connectivity index (χ3v) is 19.1. The molecule has 0 spiro atoms. The summed E-state index contributed by atoms with van der Waals surface area (Å²) in [6.45, 7) is 21.4. The van der Waals surface area contributed by atoms with Gasteiger partial charge in [0.25, 0.3) is 0 Å². The second-order valence-electron chi connectivity index (χ2n) is 24.2. The number of amides is 5. The summed E-state index contributed by atoms with van der Waals surface area (Å²) in [7, 11) is 0. The molecule has 0 bridgehead atoms. The molecule has 2 unspecified atom stereocenters. The number of carbonyl (C=O) groups excluding carboxylic acids is 4. The molecule has 6 aromatic rings. The maximum Gasteiger partial charge on any atom is 0.417 e. The summed E-state index contributed by atoms with van der Waals surface area (Å²) in [4.78, 5) is 58.4. The van der Waals surface area contributed by atoms with E-state index in [4.69, 9.17) is 37.4 Å². The molecule has 6 aliphatic rings. The van der Waals surface area contributed by atoms with Crippen LogP contribution in [0.3, 0.4) is 0 Å². The molecule has 490 valence electrons. The minimum absolute atomic E-state index is 0. The number of hydrogen-bond acceptors (Lipinski definition) is 12. The van der Waals surface area contributed by atoms with Gasteiger partial charge in [-0.15, -0.1) is 12.4 Å². The molecule has 5 amide bonds. The van der Waals surface area contributed by atoms with Crippen LogP contribution in [0.1, 0.15) is 117 Å². The fourth-order valence-corrected chi connectivity index (χ4v) is 13.5. The van der Waals surface area contributed by atoms with Crippen molar-refractivity contribution in [2.24, 2.45) is 5.92 Å². The average Bonchev–Trinajstić information content (AvgIpc) is 1.69. The summed E-state index contributed by atoms with van der Waals surface area (Å²) in [6.07, 6.45) is 15.3. The Labute approximate surface area is 582 Å². The Kier molecular flexibility index (Phi) is 26.6. The number of hydrogen-bond donors (Lipinski definition) is 2. The van der Waals surface area contributed by atoms with Crippen molar-refractivity contribution in [3.05, 3.63) is 128 Å². The molecule has 2 atom stereocenters. The zero-order valence-corrected chi connectivity index (χ0v) is 60.4. The van der Waals surface area contributed by atoms with Gasteiger partial charge in [0.2, 0.25) is 0 Å². The molecule has 20 nitrogen and oxygen atoms in total. The van der Waals surface area contributed by atoms with Crippen LogP contribution < -0.4 is 25.2 Å². The van der Waals surface area contributed by atoms with E-state index in [0.717, 1.165) is 58.4 Å². The van der Waals surface area contributed by atoms with Crippen LogP contribution in [0, 0.1) is 21.1 Å². The molecule has 8 heterocycles. The number of anilines is 4. The molecule has 1 aliphatic carbocycles. The molecule has 28 heteroatoms. The standard InChI is InChI=1S/C17H18ClFIN5O.C15H23IN4O2.C13H9ClFNO2.C11H16IN3O2.C6H12.ClH/c18-12-8-11(3-4-13(12)19)22-17(26)23-6-7-25-15(10-23)14(9-21-25)24-5-1-2-16(24)20;1-15(2,3)22-14(21)18-7-8-20-12(10-18)11(9-17-20)19-6-4-5-13(19)16;14-11-8-9(6-7-12(11)15)16-13(17)18-10-4-2-1-3-5-10;1-11(2,3)17-10(16)14-4-5-15-9(7-14)8(12)6-13-15;1-6-4-2-3-5-6;/h3-4,8-9,16H,1-2,5-7,10H2,(H,22,26);9,13H,4-8,10H2,1-3H3;1-8H,(H,16,17);6H,4-5,7H2,1-3H3;6H,2-5H2,1H3;1H. The van der Waals surface area contributed by atoms with E-state index in [9.17, 15) is 28.0 Å². The highest BCUT2D eigenvalue weighted by molar-refractivity contribution is 14.1. The van der Waals surface area contributed by atoms with Gasteiger partial charge in [-0.2, -0.15) is 15.3 Å². The van der Waals surface area contributed by atoms with Crippen molar-refractivity contribution in [3.63, 3.8) is 0 Å². The lowest BCUT2D eigenvalue weighted by molar-refractivity contribution is 0.0184. The fourth-order valence-electron chi connectivity index (χ4n) is 10.5. The second-order valence-corrected chi connectivity index (χ2v) is 29.1. The summed E-state index contributed by atoms with van der Waals surface area (Å²) in [5.41, 5.74) is 5.50. The van der Waals surface area contributed by atoms with Crippen molar-refractivity contribution in [3.8, 4) is 5.75 Å². The van der Waals surface area contributed by atoms with Gasteiger partial charge in [-0.3, -0.25) is 19.4 Å². The van der Waals surface area contributed by atoms with E-state index in [1.165, 1.54) is 93.5 Å². The Morgan fingerprint density at radius 2 is 1.00 bits per heavy atom. The number of fused-ring (bicyclic) bond motifs is 3. The lowest BCUT2D eigenvalue weighted by Crippen LogP contribution is -2.42. The molecular formula is C62H79Cl3F2I3N13O7. The van der Waals surface area contributed by atoms with E-state index < -0.39 is 28.9 Å². The van der Waals surface area contributed by atoms with Crippen LogP contribution in [0.15, 0.2) is 85.3 Å². The quantitative estimate of drug-likeness (QED) is 0.0945. The van der Waals surface area contributed by atoms with E-state index in [1.807, 2.05) is 80.2 Å². The van der Waals surface area contributed by atoms with E-state index in [2.05, 4.69) is 110 Å². The van der Waals surface area contributed by atoms with Crippen LogP contribution in [0.25, 0.3) is 0 Å². The number of para-hydroxylation sites is 1. The molecule has 1 saturated carbocycles. The third-order valence-electron chi connectivity index (χ3n) is 15.0. The Balaban J connectivity index is 0.000000167. The molecular weight excluding hydrogens is 1560 g/mol. The topological polar surface area (TPSA) is 190 Å². The first-order chi connectivity index (χ1) is 42.3. The molecule has 5 aliphatic heterocycles. The molecule has 2 N–H and O–H groups in total. The number of halogens is 8. The van der Waals surface area contributed by atoms with Crippen LogP contribution >= 0.6 is 103 Å². The summed E-state index contributed by atoms with van der Waals surface area (Å²) in [6, 6.07) is 16.4. The molecule has 90 heavy (non-hydrogen) atoms. The number of aromatic nitrogens is 6. The Bertz CT molecular complexity index is 3380. The molecule has 2 saturated heterocycles. The van der Waals surface area contributed by atoms with Crippen molar-refractivity contribution in [2.45, 2.75) is 158 Å². The lowest BCUT2D eigenvalue weighted by atomic mass is 10.2. The zero-order chi connectivity index (χ0) is 64.2. The summed E-state index contributed by atoms with van der Waals surface area (Å²) >= 11 is 18.6. The molecule has 3 fully saturated rings. The number of nitrogens with zero attached hydrogens (tertiary/aromatic N) is 11. The Morgan fingerprint density at radius 1 is 0.567 bits per heavy atom. The van der Waals surface area contributed by atoms with Crippen LogP contribution in [0.4, 0.5) is 50.7 Å². The highest BCUT2D eigenvalue weighted by Crippen LogP contribution is 2.36. The fraction of sp³-hybridized carbons (Fsp3) is 0.500. The SMILES string of the molecule is CC(C)(C)OC(=O)N1CCn2ncc(I)c2C1.CC(C)(C)OC(=O)N1CCn2ncc(N3CCCC3I)c2C1.CC1CCCC1.Cl.O=C(Nc1ccc(F)c(Cl)c1)N1CCn2ncc(N3CCCC3I)c2C1.O=C(Nc1ccc(F)c(Cl)c1)Oc1ccccc1. The van der Waals surface area contributed by atoms with E-state index in [1.54, 1.807) is 39.0 Å². The van der Waals surface area contributed by atoms with Gasteiger partial charge in [0.05, 0.1) is 108 Å². The van der Waals surface area contributed by atoms with Gasteiger partial charge in [0, 0.05) is 44.1 Å². The second kappa shape index (κ2) is 33.1. The molecule has 0 radical (unpaired) electrons. The maximum atomic E-state index is 13.3. The van der Waals surface area contributed by atoms with Crippen molar-refractivity contribution < 1.29 is 42.2 Å². The number of benzene rings is 3. The van der Waals surface area contributed by atoms with Crippen LogP contribution in [-0.4, -0.2) is 120 Å². The lowest BCUT2D eigenvalue weighted by Gasteiger charge is -2.32. The van der Waals surface area contributed by atoms with E-state index >= 15 is 0 Å². The number of ether oxygens (including phenoxy) is 3. The maximum absolute atomic E-state index is 13.3. The van der Waals surface area contributed by atoms with Crippen LogP contribution in [0.2, 0.25) is 10.0 Å². The first-order valence-electron chi connectivity index (χ1n) is 29.9. The van der Waals surface area contributed by atoms with Gasteiger partial charge in [0.15, 0.2) is 0 Å². The van der Waals surface area contributed by atoms with Gasteiger partial charge >= 0.3 is 24.3 Å². The normalized spacial score (nSPS) is 17.6. The highest BCUT2D eigenvalue weighted by atomic mass is 127. The summed E-state index contributed by atoms with van der Waals surface area (Å²) < 4.78 is 50.1. The van der Waals surface area contributed by atoms with E-state index in [0.29, 0.717) is 71.0 Å². The molecule has 12 rings (SSSR count). The summed E-state index contributed by atoms with van der Waals surface area (Å²) in [5.74, 6) is 0.419. The van der Waals surface area contributed by atoms with Gasteiger partial charge in [-0.1, -0.05) is 119 Å². The van der Waals surface area contributed by atoms with Gasteiger partial charge in [-0.05, 0) is 144 Å². The minimum Gasteiger partial charge on any atom is -0.444 e. The number of alkyl halides is 2. The smallest absolute Gasteiger partial charge is 0.417 e. The van der Waals surface area contributed by atoms with Gasteiger partial charge in [-0.25, -0.2) is 28.0 Å². The molecule has 3 aromatic carbocycles. The van der Waals surface area contributed by atoms with Crippen molar-refractivity contribution in [2.75, 3.05) is 53.2 Å². The van der Waals surface area contributed by atoms with Crippen LogP contribution in [0.5, 0.6) is 5.75 Å². The predicted molar refractivity (Wildman–Crippen MR) is 375 cm³/mol.